The van der Waals surface area contributed by atoms with Gasteiger partial charge in [0.1, 0.15) is 6.15 Å². The molecule has 0 fully saturated rings. The molecular formula is C53H40BF24NO. The highest BCUT2D eigenvalue weighted by Gasteiger charge is 2.47. The molecule has 0 radical (unpaired) electrons. The van der Waals surface area contributed by atoms with E-state index >= 15 is 0 Å². The Morgan fingerprint density at radius 1 is 0.362 bits per heavy atom. The van der Waals surface area contributed by atoms with Gasteiger partial charge in [0.15, 0.2) is 11.9 Å². The zero-order chi connectivity index (χ0) is 60.2. The number of rotatable bonds is 14. The van der Waals surface area contributed by atoms with Crippen molar-refractivity contribution in [2.45, 2.75) is 108 Å². The summed E-state index contributed by atoms with van der Waals surface area (Å²) in [4.78, 5) is 12.4. The molecule has 6 aromatic rings. The first kappa shape index (κ1) is 64.1. The number of halogens is 24. The van der Waals surface area contributed by atoms with Crippen LogP contribution in [-0.4, -0.2) is 11.9 Å². The quantitative estimate of drug-likeness (QED) is 0.0350. The Bertz CT molecular complexity index is 2650. The minimum Gasteiger partial charge on any atom is -0.287 e. The largest absolute Gasteiger partial charge is 0.416 e. The van der Waals surface area contributed by atoms with Crippen LogP contribution in [0.1, 0.15) is 106 Å². The Labute approximate surface area is 439 Å². The molecule has 0 saturated carbocycles. The molecule has 2 nitrogen and oxygen atoms in total. The van der Waals surface area contributed by atoms with Gasteiger partial charge in [0, 0.05) is 24.1 Å². The summed E-state index contributed by atoms with van der Waals surface area (Å²) in [6.07, 6.45) is -43.9. The lowest BCUT2D eigenvalue weighted by Gasteiger charge is -2.46. The average Bonchev–Trinajstić information content (AvgIpc) is 3.35. The number of aromatic nitrogens is 1. The van der Waals surface area contributed by atoms with Gasteiger partial charge in [-0.2, -0.15) is 132 Å². The van der Waals surface area contributed by atoms with Gasteiger partial charge < -0.3 is 0 Å². The van der Waals surface area contributed by atoms with Crippen molar-refractivity contribution in [2.24, 2.45) is 0 Å². The summed E-state index contributed by atoms with van der Waals surface area (Å²) in [5.41, 5.74) is -28.2. The average molecular weight is 1170 g/mol. The summed E-state index contributed by atoms with van der Waals surface area (Å²) in [7, 11) is 0. The third-order valence-electron chi connectivity index (χ3n) is 12.7. The SMILES string of the molecule is CCCCCCCCc1cccc[n+]1CC(=O)c1ccccc1.FC(F)(F)c1cc([B-](c2cc(C(F)(F)F)cc(C(F)(F)F)c2)(c2cc(C(F)(F)F)cc(C(F)(F)F)c2)c2cc(C(F)(F)F)cc(C(F)(F)F)c2)cc(C(F)(F)F)c1. The third kappa shape index (κ3) is 16.0. The lowest BCUT2D eigenvalue weighted by molar-refractivity contribution is -0.690. The molecule has 6 rings (SSSR count). The molecular weight excluding hydrogens is 1130 g/mol. The van der Waals surface area contributed by atoms with Crippen molar-refractivity contribution in [3.63, 3.8) is 0 Å². The molecule has 0 bridgehead atoms. The van der Waals surface area contributed by atoms with Crippen molar-refractivity contribution >= 4 is 33.8 Å². The van der Waals surface area contributed by atoms with Gasteiger partial charge in [-0.05, 0) is 30.7 Å². The summed E-state index contributed by atoms with van der Waals surface area (Å²) >= 11 is 0. The number of hydrogen-bond donors (Lipinski definition) is 0. The number of nitrogens with zero attached hydrogens (tertiary/aromatic N) is 1. The fourth-order valence-electron chi connectivity index (χ4n) is 8.92. The number of hydrogen-bond acceptors (Lipinski definition) is 1. The van der Waals surface area contributed by atoms with Crippen LogP contribution in [0.2, 0.25) is 0 Å². The lowest BCUT2D eigenvalue weighted by atomic mass is 9.12. The van der Waals surface area contributed by atoms with Gasteiger partial charge in [-0.25, -0.2) is 0 Å². The lowest BCUT2D eigenvalue weighted by Crippen LogP contribution is -2.75. The predicted molar refractivity (Wildman–Crippen MR) is 245 cm³/mol. The summed E-state index contributed by atoms with van der Waals surface area (Å²) in [5, 5.41) is 0. The summed E-state index contributed by atoms with van der Waals surface area (Å²) in [6.45, 7) is 2.67. The van der Waals surface area contributed by atoms with E-state index in [0.717, 1.165) is 12.0 Å². The van der Waals surface area contributed by atoms with E-state index in [4.69, 9.17) is 0 Å². The van der Waals surface area contributed by atoms with E-state index in [1.165, 1.54) is 44.2 Å². The highest BCUT2D eigenvalue weighted by atomic mass is 19.4. The van der Waals surface area contributed by atoms with Crippen LogP contribution in [0.5, 0.6) is 0 Å². The number of alkyl halides is 24. The van der Waals surface area contributed by atoms with E-state index in [2.05, 4.69) is 23.6 Å². The molecule has 1 aromatic heterocycles. The van der Waals surface area contributed by atoms with Crippen LogP contribution in [0.3, 0.4) is 0 Å². The zero-order valence-corrected chi connectivity index (χ0v) is 40.8. The van der Waals surface area contributed by atoms with Crippen LogP contribution in [0.25, 0.3) is 0 Å². The Morgan fingerprint density at radius 3 is 0.925 bits per heavy atom. The second-order valence-corrected chi connectivity index (χ2v) is 18.3. The molecule has 0 amide bonds. The van der Waals surface area contributed by atoms with Crippen molar-refractivity contribution in [3.05, 3.63) is 183 Å². The topological polar surface area (TPSA) is 20.9 Å². The van der Waals surface area contributed by atoms with E-state index < -0.39 is 195 Å². The van der Waals surface area contributed by atoms with E-state index in [1.54, 1.807) is 0 Å². The van der Waals surface area contributed by atoms with Gasteiger partial charge in [0.2, 0.25) is 12.3 Å². The number of ketones is 1. The second-order valence-electron chi connectivity index (χ2n) is 18.3. The molecule has 80 heavy (non-hydrogen) atoms. The van der Waals surface area contributed by atoms with Crippen molar-refractivity contribution in [1.29, 1.82) is 0 Å². The molecule has 0 atom stereocenters. The van der Waals surface area contributed by atoms with E-state index in [1.807, 2.05) is 42.6 Å². The van der Waals surface area contributed by atoms with Crippen molar-refractivity contribution in [3.8, 4) is 0 Å². The Kier molecular flexibility index (Phi) is 19.1. The number of Topliss-reactive ketones (excluding diaryl/α,β-unsaturated/α-hetero) is 1. The molecule has 1 heterocycles. The Morgan fingerprint density at radius 2 is 0.637 bits per heavy atom. The van der Waals surface area contributed by atoms with Crippen molar-refractivity contribution < 1.29 is 115 Å². The summed E-state index contributed by atoms with van der Waals surface area (Å²) < 4.78 is 343. The van der Waals surface area contributed by atoms with Gasteiger partial charge in [0.25, 0.3) is 0 Å². The molecule has 0 aliphatic carbocycles. The first-order valence-corrected chi connectivity index (χ1v) is 23.5. The molecule has 5 aromatic carbocycles. The molecule has 0 spiro atoms. The van der Waals surface area contributed by atoms with Crippen LogP contribution in [0.4, 0.5) is 105 Å². The Hall–Kier alpha value is -6.70. The number of benzene rings is 5. The molecule has 0 N–H and O–H groups in total. The fourth-order valence-corrected chi connectivity index (χ4v) is 8.92. The minimum atomic E-state index is -6.13. The zero-order valence-electron chi connectivity index (χ0n) is 40.8. The molecule has 0 unspecified atom stereocenters. The van der Waals surface area contributed by atoms with Gasteiger partial charge >= 0.3 is 49.4 Å². The van der Waals surface area contributed by atoms with Crippen molar-refractivity contribution in [2.75, 3.05) is 0 Å². The monoisotopic (exact) mass is 1170 g/mol. The normalized spacial score (nSPS) is 13.3. The molecule has 0 aliphatic rings. The maximum Gasteiger partial charge on any atom is 0.416 e. The predicted octanol–water partition coefficient (Wildman–Crippen LogP) is 16.0. The number of carbonyl (C=O) groups excluding carboxylic acids is 1. The first-order valence-electron chi connectivity index (χ1n) is 23.5. The van der Waals surface area contributed by atoms with E-state index in [9.17, 15) is 110 Å². The minimum absolute atomic E-state index is 0.172. The van der Waals surface area contributed by atoms with Gasteiger partial charge in [-0.3, -0.25) is 4.79 Å². The Balaban J connectivity index is 0.000000424. The fraction of sp³-hybridized carbons (Fsp3) is 0.321. The summed E-state index contributed by atoms with van der Waals surface area (Å²) in [6, 6.07) is 6.95. The van der Waals surface area contributed by atoms with E-state index in [-0.39, 0.29) is 5.78 Å². The maximum absolute atomic E-state index is 14.2. The maximum atomic E-state index is 14.2. The summed E-state index contributed by atoms with van der Waals surface area (Å²) in [5.74, 6) is 0.172. The molecule has 27 heteroatoms. The first-order chi connectivity index (χ1) is 36.6. The van der Waals surface area contributed by atoms with Crippen LogP contribution in [-0.2, 0) is 62.4 Å². The van der Waals surface area contributed by atoms with Crippen molar-refractivity contribution in [1.82, 2.24) is 0 Å². The number of aryl methyl sites for hydroxylation is 1. The van der Waals surface area contributed by atoms with Crippen LogP contribution in [0, 0.1) is 0 Å². The smallest absolute Gasteiger partial charge is 0.287 e. The van der Waals surface area contributed by atoms with E-state index in [0.29, 0.717) is 6.54 Å². The standard InChI is InChI=1S/C32H12BF24.C21H28NO/c34-25(35,36)13-1-14(26(37,38)39)6-21(5-13)33(22-7-15(27(40,41)42)2-16(8-22)28(43,44)45,23-9-17(29(46,47)48)3-18(10-23)30(49,50)51)24-11-19(31(52,53)54)4-20(12-24)32(55,56)57;1-2-3-4-5-6-10-15-20-16-11-12-17-22(20)18-21(23)19-13-8-7-9-14-19/h1-12H;7-9,11-14,16-17H,2-6,10,15,18H2,1H3/q-1;+1. The number of unbranched alkanes of at least 4 members (excludes halogenated alkanes) is 5. The highest BCUT2D eigenvalue weighted by molar-refractivity contribution is 7.20. The van der Waals surface area contributed by atoms with Gasteiger partial charge in [-0.15, -0.1) is 0 Å². The third-order valence-corrected chi connectivity index (χ3v) is 12.7. The second kappa shape index (κ2) is 23.8. The number of carbonyl (C=O) groups is 1. The van der Waals surface area contributed by atoms with Crippen LogP contribution >= 0.6 is 0 Å². The van der Waals surface area contributed by atoms with Gasteiger partial charge in [0.05, 0.1) is 44.5 Å². The molecule has 0 aliphatic heterocycles. The molecule has 434 valence electrons. The molecule has 0 saturated heterocycles. The van der Waals surface area contributed by atoms with Crippen LogP contribution in [0.15, 0.2) is 128 Å². The number of pyridine rings is 1. The van der Waals surface area contributed by atoms with Gasteiger partial charge in [-0.1, -0.05) is 124 Å². The van der Waals surface area contributed by atoms with Crippen LogP contribution < -0.4 is 26.4 Å². The highest BCUT2D eigenvalue weighted by Crippen LogP contribution is 2.41.